The fourth-order valence-electron chi connectivity index (χ4n) is 2.14. The molecule has 1 aliphatic rings. The first-order valence-corrected chi connectivity index (χ1v) is 6.34. The van der Waals surface area contributed by atoms with Gasteiger partial charge in [-0.05, 0) is 11.3 Å². The van der Waals surface area contributed by atoms with Gasteiger partial charge in [0.15, 0.2) is 0 Å². The second-order valence-corrected chi connectivity index (χ2v) is 6.30. The fourth-order valence-corrected chi connectivity index (χ4v) is 2.14. The van der Waals surface area contributed by atoms with Gasteiger partial charge in [-0.2, -0.15) is 6.20 Å². The largest absolute Gasteiger partial charge is 1.00 e. The first-order valence-electron chi connectivity index (χ1n) is 6.34. The summed E-state index contributed by atoms with van der Waals surface area (Å²) in [7, 11) is 0. The Kier molecular flexibility index (Phi) is 5.45. The van der Waals surface area contributed by atoms with E-state index >= 15 is 0 Å². The molecule has 0 aliphatic heterocycles. The van der Waals surface area contributed by atoms with Gasteiger partial charge < -0.3 is 4.98 Å². The van der Waals surface area contributed by atoms with E-state index < -0.39 is 0 Å². The Morgan fingerprint density at radius 3 is 2.50 bits per heavy atom. The Bertz CT molecular complexity index is 462. The third-order valence-corrected chi connectivity index (χ3v) is 4.19. The van der Waals surface area contributed by atoms with Crippen LogP contribution in [-0.4, -0.2) is 0 Å². The molecule has 0 spiro atoms. The van der Waals surface area contributed by atoms with E-state index in [1.165, 1.54) is 5.56 Å². The standard InChI is InChI=1S/C16H22N.Rb/c1-12-6-9-16(5,15(2,3)4)10-7-14-13(12)8-11-17-14;/h6-12H,1-5H3;/q-1;+1/b9-6-,10-7-;. The van der Waals surface area contributed by atoms with Crippen LogP contribution in [0.2, 0.25) is 0 Å². The molecule has 0 radical (unpaired) electrons. The smallest absolute Gasteiger partial charge is 0.664 e. The van der Waals surface area contributed by atoms with Crippen molar-refractivity contribution in [3.05, 3.63) is 41.7 Å². The second kappa shape index (κ2) is 5.91. The summed E-state index contributed by atoms with van der Waals surface area (Å²) in [5.41, 5.74) is 2.74. The average molecular weight is 314 g/mol. The molecule has 1 aromatic heterocycles. The molecule has 2 rings (SSSR count). The molecule has 0 saturated carbocycles. The molecule has 1 heterocycles. The van der Waals surface area contributed by atoms with Crippen LogP contribution in [0.3, 0.4) is 0 Å². The molecular weight excluding hydrogens is 292 g/mol. The van der Waals surface area contributed by atoms with Crippen molar-refractivity contribution in [3.63, 3.8) is 0 Å². The molecule has 92 valence electrons. The summed E-state index contributed by atoms with van der Waals surface area (Å²) in [6.45, 7) is 11.4. The molecule has 2 atom stereocenters. The summed E-state index contributed by atoms with van der Waals surface area (Å²) < 4.78 is 0. The second-order valence-electron chi connectivity index (χ2n) is 6.30. The zero-order valence-corrected chi connectivity index (χ0v) is 17.4. The van der Waals surface area contributed by atoms with Crippen LogP contribution in [0.5, 0.6) is 0 Å². The number of allylic oxidation sites excluding steroid dienone is 3. The Morgan fingerprint density at radius 2 is 1.89 bits per heavy atom. The fraction of sp³-hybridized carbons (Fsp3) is 0.500. The van der Waals surface area contributed by atoms with E-state index in [2.05, 4.69) is 70.0 Å². The minimum Gasteiger partial charge on any atom is -0.664 e. The van der Waals surface area contributed by atoms with E-state index in [9.17, 15) is 0 Å². The van der Waals surface area contributed by atoms with Crippen molar-refractivity contribution in [2.24, 2.45) is 10.8 Å². The molecule has 1 nitrogen and oxygen atoms in total. The Hall–Kier alpha value is 0.565. The molecule has 1 aliphatic carbocycles. The van der Waals surface area contributed by atoms with Crippen LogP contribution in [0.4, 0.5) is 0 Å². The van der Waals surface area contributed by atoms with Crippen LogP contribution in [0, 0.1) is 10.8 Å². The summed E-state index contributed by atoms with van der Waals surface area (Å²) in [6.07, 6.45) is 11.0. The van der Waals surface area contributed by atoms with E-state index in [1.807, 2.05) is 6.20 Å². The number of fused-ring (bicyclic) bond motifs is 1. The maximum atomic E-state index is 4.44. The first kappa shape index (κ1) is 16.6. The molecule has 0 bridgehead atoms. The van der Waals surface area contributed by atoms with Crippen molar-refractivity contribution in [2.45, 2.75) is 40.5 Å². The predicted octanol–water partition coefficient (Wildman–Crippen LogP) is 1.39. The number of aromatic nitrogens is 1. The summed E-state index contributed by atoms with van der Waals surface area (Å²) in [5, 5.41) is 0. The van der Waals surface area contributed by atoms with Crippen LogP contribution in [0.1, 0.15) is 51.8 Å². The third-order valence-electron chi connectivity index (χ3n) is 4.19. The Balaban J connectivity index is 0.00000162. The molecule has 1 aromatic rings. The van der Waals surface area contributed by atoms with Gasteiger partial charge in [0, 0.05) is 5.41 Å². The third kappa shape index (κ3) is 3.17. The maximum Gasteiger partial charge on any atom is 1.00 e. The van der Waals surface area contributed by atoms with Gasteiger partial charge in [-0.25, -0.2) is 0 Å². The summed E-state index contributed by atoms with van der Waals surface area (Å²) in [4.78, 5) is 4.44. The minimum atomic E-state index is 0. The van der Waals surface area contributed by atoms with Crippen molar-refractivity contribution in [1.82, 2.24) is 4.98 Å². The van der Waals surface area contributed by atoms with Crippen molar-refractivity contribution < 1.29 is 58.2 Å². The topological polar surface area (TPSA) is 14.1 Å². The molecular formula is C16H22NRb. The molecule has 0 amide bonds. The molecule has 0 aromatic carbocycles. The monoisotopic (exact) mass is 313 g/mol. The van der Waals surface area contributed by atoms with Gasteiger partial charge in [0.25, 0.3) is 0 Å². The molecule has 18 heavy (non-hydrogen) atoms. The number of nitrogens with zero attached hydrogens (tertiary/aromatic N) is 1. The summed E-state index contributed by atoms with van der Waals surface area (Å²) >= 11 is 0. The van der Waals surface area contributed by atoms with E-state index in [0.717, 1.165) is 5.69 Å². The van der Waals surface area contributed by atoms with Gasteiger partial charge in [-0.3, -0.25) is 0 Å². The van der Waals surface area contributed by atoms with Gasteiger partial charge in [0.05, 0.1) is 0 Å². The van der Waals surface area contributed by atoms with Gasteiger partial charge in [-0.1, -0.05) is 70.6 Å². The molecule has 0 saturated heterocycles. The van der Waals surface area contributed by atoms with Crippen molar-refractivity contribution in [2.75, 3.05) is 0 Å². The van der Waals surface area contributed by atoms with E-state index in [1.54, 1.807) is 0 Å². The normalized spacial score (nSPS) is 30.6. The molecule has 2 unspecified atom stereocenters. The van der Waals surface area contributed by atoms with E-state index in [-0.39, 0.29) is 69.0 Å². The van der Waals surface area contributed by atoms with Crippen molar-refractivity contribution in [1.29, 1.82) is 0 Å². The molecule has 0 N–H and O–H groups in total. The first-order chi connectivity index (χ1) is 7.83. The average Bonchev–Trinajstić information content (AvgIpc) is 2.67. The zero-order chi connectivity index (χ0) is 12.7. The van der Waals surface area contributed by atoms with E-state index in [0.29, 0.717) is 5.92 Å². The summed E-state index contributed by atoms with van der Waals surface area (Å²) in [6, 6.07) is 2.12. The van der Waals surface area contributed by atoms with Crippen LogP contribution in [-0.2, 0) is 0 Å². The zero-order valence-electron chi connectivity index (χ0n) is 12.5. The predicted molar refractivity (Wildman–Crippen MR) is 73.9 cm³/mol. The number of hydrogen-bond acceptors (Lipinski definition) is 0. The number of hydrogen-bond donors (Lipinski definition) is 0. The van der Waals surface area contributed by atoms with E-state index in [4.69, 9.17) is 0 Å². The Morgan fingerprint density at radius 1 is 1.22 bits per heavy atom. The van der Waals surface area contributed by atoms with Crippen molar-refractivity contribution >= 4 is 6.08 Å². The van der Waals surface area contributed by atoms with Gasteiger partial charge >= 0.3 is 58.2 Å². The van der Waals surface area contributed by atoms with Gasteiger partial charge in [0.2, 0.25) is 0 Å². The van der Waals surface area contributed by atoms with Crippen LogP contribution in [0.15, 0.2) is 30.5 Å². The van der Waals surface area contributed by atoms with Crippen molar-refractivity contribution in [3.8, 4) is 0 Å². The number of rotatable bonds is 0. The molecule has 2 heteroatoms. The van der Waals surface area contributed by atoms with Crippen LogP contribution >= 0.6 is 0 Å². The van der Waals surface area contributed by atoms with Gasteiger partial charge in [0.1, 0.15) is 0 Å². The summed E-state index contributed by atoms with van der Waals surface area (Å²) in [5.74, 6) is 0.444. The Labute approximate surface area is 160 Å². The maximum absolute atomic E-state index is 4.44. The van der Waals surface area contributed by atoms with Crippen LogP contribution in [0.25, 0.3) is 6.08 Å². The van der Waals surface area contributed by atoms with Gasteiger partial charge in [-0.15, -0.1) is 5.69 Å². The van der Waals surface area contributed by atoms with Crippen LogP contribution < -0.4 is 63.2 Å². The quantitative estimate of drug-likeness (QED) is 0.660. The molecule has 0 fully saturated rings. The SMILES string of the molecule is CC1/C=C\C(C)(C(C)(C)C)/C=C\c2[n-]ccc21.[Rb+]. The minimum absolute atomic E-state index is 0.